The lowest BCUT2D eigenvalue weighted by atomic mass is 10.3. The highest BCUT2D eigenvalue weighted by molar-refractivity contribution is 9.10. The molecule has 0 aliphatic rings. The third kappa shape index (κ3) is 4.52. The number of nitro groups is 1. The largest absolute Gasteiger partial charge is 0.434 e. The minimum atomic E-state index is -0.705. The number of amides is 1. The fourth-order valence-electron chi connectivity index (χ4n) is 1.98. The summed E-state index contributed by atoms with van der Waals surface area (Å²) >= 11 is 3.29. The van der Waals surface area contributed by atoms with Crippen LogP contribution in [0.5, 0.6) is 11.6 Å². The Morgan fingerprint density at radius 2 is 1.89 bits per heavy atom. The number of carbonyl (C=O) groups excluding carboxylic acids is 1. The maximum Gasteiger partial charge on any atom is 0.374 e. The smallest absolute Gasteiger partial charge is 0.374 e. The minimum absolute atomic E-state index is 0.132. The Morgan fingerprint density at radius 3 is 2.56 bits per heavy atom. The molecule has 0 spiro atoms. The number of hydrazine groups is 1. The summed E-state index contributed by atoms with van der Waals surface area (Å²) in [6, 6.07) is 11.5. The second-order valence-corrected chi connectivity index (χ2v) is 5.90. The predicted molar refractivity (Wildman–Crippen MR) is 98.2 cm³/mol. The van der Waals surface area contributed by atoms with Gasteiger partial charge in [-0.1, -0.05) is 22.0 Å². The summed E-state index contributed by atoms with van der Waals surface area (Å²) < 4.78 is 6.30. The number of hydrogen-bond donors (Lipinski definition) is 2. The van der Waals surface area contributed by atoms with E-state index in [0.717, 1.165) is 10.8 Å². The maximum atomic E-state index is 12.0. The molecule has 10 nitrogen and oxygen atoms in total. The lowest BCUT2D eigenvalue weighted by molar-refractivity contribution is -0.385. The van der Waals surface area contributed by atoms with E-state index in [1.165, 1.54) is 12.3 Å². The molecule has 1 amide bonds. The van der Waals surface area contributed by atoms with Gasteiger partial charge in [-0.3, -0.25) is 30.7 Å². The number of carbonyl (C=O) groups is 1. The molecule has 1 aromatic carbocycles. The van der Waals surface area contributed by atoms with E-state index in [-0.39, 0.29) is 17.4 Å². The first-order valence-electron chi connectivity index (χ1n) is 7.45. The van der Waals surface area contributed by atoms with Gasteiger partial charge in [0.25, 0.3) is 5.91 Å². The highest BCUT2D eigenvalue weighted by Crippen LogP contribution is 2.33. The van der Waals surface area contributed by atoms with Crippen LogP contribution in [0.15, 0.2) is 59.5 Å². The number of aromatic nitrogens is 3. The second kappa shape index (κ2) is 8.19. The Labute approximate surface area is 160 Å². The molecule has 0 saturated carbocycles. The molecule has 2 N–H and O–H groups in total. The van der Waals surface area contributed by atoms with E-state index in [1.807, 2.05) is 0 Å². The van der Waals surface area contributed by atoms with Gasteiger partial charge in [0.1, 0.15) is 17.8 Å². The molecule has 0 fully saturated rings. The van der Waals surface area contributed by atoms with E-state index in [1.54, 1.807) is 36.4 Å². The number of halogens is 1. The number of nitrogens with zero attached hydrogens (tertiary/aromatic N) is 4. The zero-order valence-corrected chi connectivity index (χ0v) is 15.1. The van der Waals surface area contributed by atoms with E-state index >= 15 is 0 Å². The van der Waals surface area contributed by atoms with Crippen LogP contribution in [0.1, 0.15) is 10.5 Å². The molecule has 3 rings (SSSR count). The van der Waals surface area contributed by atoms with Crippen molar-refractivity contribution in [2.75, 3.05) is 5.43 Å². The van der Waals surface area contributed by atoms with Gasteiger partial charge in [0.05, 0.1) is 4.92 Å². The summed E-state index contributed by atoms with van der Waals surface area (Å²) in [7, 11) is 0. The zero-order chi connectivity index (χ0) is 19.2. The molecular formula is C16H11BrN6O4. The van der Waals surface area contributed by atoms with Gasteiger partial charge in [-0.25, -0.2) is 4.98 Å². The van der Waals surface area contributed by atoms with Crippen LogP contribution in [-0.4, -0.2) is 25.8 Å². The van der Waals surface area contributed by atoms with E-state index in [4.69, 9.17) is 4.74 Å². The Balaban J connectivity index is 1.82. The summed E-state index contributed by atoms with van der Waals surface area (Å²) in [6.07, 6.45) is 2.53. The summed E-state index contributed by atoms with van der Waals surface area (Å²) in [6.45, 7) is 0. The molecule has 0 unspecified atom stereocenters. The summed E-state index contributed by atoms with van der Waals surface area (Å²) in [5, 5.41) is 11.5. The van der Waals surface area contributed by atoms with Gasteiger partial charge in [-0.05, 0) is 36.4 Å². The average Bonchev–Trinajstić information content (AvgIpc) is 2.68. The fourth-order valence-corrected chi connectivity index (χ4v) is 2.25. The zero-order valence-electron chi connectivity index (χ0n) is 13.5. The van der Waals surface area contributed by atoms with Crippen LogP contribution in [0.4, 0.5) is 11.5 Å². The van der Waals surface area contributed by atoms with Crippen molar-refractivity contribution in [3.05, 3.63) is 75.3 Å². The van der Waals surface area contributed by atoms with Crippen molar-refractivity contribution in [1.82, 2.24) is 20.4 Å². The number of benzene rings is 1. The summed E-state index contributed by atoms with van der Waals surface area (Å²) in [4.78, 5) is 34.3. The molecule has 0 atom stereocenters. The third-order valence-electron chi connectivity index (χ3n) is 3.19. The SMILES string of the molecule is O=C(NNc1ncnc(Oc2ccc(Br)cc2)c1[N+](=O)[O-])c1ccccn1. The van der Waals surface area contributed by atoms with Crippen LogP contribution in [0, 0.1) is 10.1 Å². The molecule has 27 heavy (non-hydrogen) atoms. The predicted octanol–water partition coefficient (Wildman–Crippen LogP) is 3.09. The van der Waals surface area contributed by atoms with Crippen molar-refractivity contribution < 1.29 is 14.5 Å². The minimum Gasteiger partial charge on any atom is -0.434 e. The Morgan fingerprint density at radius 1 is 1.11 bits per heavy atom. The van der Waals surface area contributed by atoms with Gasteiger partial charge in [0.15, 0.2) is 0 Å². The fraction of sp³-hybridized carbons (Fsp3) is 0. The van der Waals surface area contributed by atoms with Crippen LogP contribution >= 0.6 is 15.9 Å². The van der Waals surface area contributed by atoms with E-state index < -0.39 is 16.5 Å². The third-order valence-corrected chi connectivity index (χ3v) is 3.72. The van der Waals surface area contributed by atoms with Crippen molar-refractivity contribution in [3.63, 3.8) is 0 Å². The number of ether oxygens (including phenoxy) is 1. The first-order chi connectivity index (χ1) is 13.0. The van der Waals surface area contributed by atoms with Gasteiger partial charge in [0.2, 0.25) is 5.82 Å². The van der Waals surface area contributed by atoms with Gasteiger partial charge >= 0.3 is 11.6 Å². The van der Waals surface area contributed by atoms with Crippen LogP contribution in [-0.2, 0) is 0 Å². The van der Waals surface area contributed by atoms with Crippen molar-refractivity contribution in [2.24, 2.45) is 0 Å². The van der Waals surface area contributed by atoms with Gasteiger partial charge < -0.3 is 4.74 Å². The lowest BCUT2D eigenvalue weighted by Gasteiger charge is -2.10. The molecule has 3 aromatic rings. The molecular weight excluding hydrogens is 420 g/mol. The van der Waals surface area contributed by atoms with Crippen molar-refractivity contribution in [2.45, 2.75) is 0 Å². The molecule has 2 heterocycles. The molecule has 0 aliphatic heterocycles. The molecule has 11 heteroatoms. The first kappa shape index (κ1) is 18.2. The lowest BCUT2D eigenvalue weighted by Crippen LogP contribution is -2.30. The number of hydrogen-bond acceptors (Lipinski definition) is 8. The van der Waals surface area contributed by atoms with Gasteiger partial charge in [-0.2, -0.15) is 4.98 Å². The van der Waals surface area contributed by atoms with Gasteiger partial charge in [0, 0.05) is 10.7 Å². The quantitative estimate of drug-likeness (QED) is 0.450. The van der Waals surface area contributed by atoms with Crippen molar-refractivity contribution in [3.8, 4) is 11.6 Å². The van der Waals surface area contributed by atoms with E-state index in [2.05, 4.69) is 41.7 Å². The average molecular weight is 431 g/mol. The maximum absolute atomic E-state index is 12.0. The van der Waals surface area contributed by atoms with E-state index in [0.29, 0.717) is 5.75 Å². The Kier molecular flexibility index (Phi) is 5.52. The molecule has 0 saturated heterocycles. The normalized spacial score (nSPS) is 10.1. The molecule has 0 bridgehead atoms. The molecule has 0 aliphatic carbocycles. The number of anilines is 1. The topological polar surface area (TPSA) is 132 Å². The molecule has 136 valence electrons. The number of rotatable bonds is 6. The standard InChI is InChI=1S/C16H11BrN6O4/c17-10-4-6-11(7-5-10)27-16-13(23(25)26)14(19-9-20-16)21-22-15(24)12-3-1-2-8-18-12/h1-9H,(H,22,24)(H,19,20,21). The van der Waals surface area contributed by atoms with Crippen LogP contribution in [0.25, 0.3) is 0 Å². The number of nitrogens with one attached hydrogen (secondary N) is 2. The van der Waals surface area contributed by atoms with E-state index in [9.17, 15) is 14.9 Å². The Hall–Kier alpha value is -3.60. The highest BCUT2D eigenvalue weighted by atomic mass is 79.9. The van der Waals surface area contributed by atoms with Gasteiger partial charge in [-0.15, -0.1) is 0 Å². The first-order valence-corrected chi connectivity index (χ1v) is 8.24. The highest BCUT2D eigenvalue weighted by Gasteiger charge is 2.25. The van der Waals surface area contributed by atoms with Crippen LogP contribution in [0.2, 0.25) is 0 Å². The summed E-state index contributed by atoms with van der Waals surface area (Å²) in [5.41, 5.74) is 4.32. The molecule has 2 aromatic heterocycles. The monoisotopic (exact) mass is 430 g/mol. The van der Waals surface area contributed by atoms with Crippen molar-refractivity contribution >= 4 is 33.3 Å². The Bertz CT molecular complexity index is 968. The van der Waals surface area contributed by atoms with Crippen molar-refractivity contribution in [1.29, 1.82) is 0 Å². The molecule has 0 radical (unpaired) electrons. The second-order valence-electron chi connectivity index (χ2n) is 4.98. The van der Waals surface area contributed by atoms with Crippen LogP contribution < -0.4 is 15.6 Å². The summed E-state index contributed by atoms with van der Waals surface area (Å²) in [5.74, 6) is -0.736. The number of pyridine rings is 1. The van der Waals surface area contributed by atoms with Crippen LogP contribution in [0.3, 0.4) is 0 Å².